The van der Waals surface area contributed by atoms with Crippen LogP contribution in [0.15, 0.2) is 40.5 Å². The maximum absolute atomic E-state index is 5.81. The second-order valence-electron chi connectivity index (χ2n) is 8.19. The van der Waals surface area contributed by atoms with Gasteiger partial charge in [0.1, 0.15) is 0 Å². The lowest BCUT2D eigenvalue weighted by Gasteiger charge is -2.15. The molecule has 4 heterocycles. The number of aromatic nitrogens is 3. The molecule has 2 atom stereocenters. The molecular formula is C22H26N4OS. The third kappa shape index (κ3) is 3.51. The summed E-state index contributed by atoms with van der Waals surface area (Å²) in [6.07, 6.45) is 8.78. The number of hydrogen-bond acceptors (Lipinski definition) is 6. The van der Waals surface area contributed by atoms with Gasteiger partial charge in [0.05, 0.1) is 5.92 Å². The van der Waals surface area contributed by atoms with Crippen LogP contribution in [0.5, 0.6) is 0 Å². The van der Waals surface area contributed by atoms with Gasteiger partial charge in [-0.05, 0) is 48.4 Å². The first-order valence-corrected chi connectivity index (χ1v) is 11.1. The summed E-state index contributed by atoms with van der Waals surface area (Å²) in [5.41, 5.74) is 2.64. The summed E-state index contributed by atoms with van der Waals surface area (Å²) in [6.45, 7) is 5.13. The normalized spacial score (nSPS) is 23.6. The minimum absolute atomic E-state index is 0.229. The van der Waals surface area contributed by atoms with E-state index in [-0.39, 0.29) is 5.92 Å². The number of nitrogens with zero attached hydrogens (tertiary/aromatic N) is 4. The second-order valence-corrected chi connectivity index (χ2v) is 9.19. The van der Waals surface area contributed by atoms with E-state index in [1.54, 1.807) is 0 Å². The molecule has 0 bridgehead atoms. The van der Waals surface area contributed by atoms with Gasteiger partial charge in [-0.25, -0.2) is 0 Å². The summed E-state index contributed by atoms with van der Waals surface area (Å²) in [7, 11) is 0. The van der Waals surface area contributed by atoms with E-state index in [4.69, 9.17) is 9.51 Å². The van der Waals surface area contributed by atoms with Gasteiger partial charge in [0.2, 0.25) is 5.89 Å². The van der Waals surface area contributed by atoms with Gasteiger partial charge in [0.25, 0.3) is 0 Å². The molecule has 3 aromatic heterocycles. The minimum atomic E-state index is 0.229. The summed E-state index contributed by atoms with van der Waals surface area (Å²) in [5.74, 6) is 2.78. The first kappa shape index (κ1) is 18.0. The molecular weight excluding hydrogens is 368 g/mol. The first-order chi connectivity index (χ1) is 13.8. The molecule has 2 aliphatic rings. The predicted octanol–water partition coefficient (Wildman–Crippen LogP) is 4.88. The number of rotatable bonds is 5. The van der Waals surface area contributed by atoms with E-state index in [1.807, 2.05) is 29.8 Å². The van der Waals surface area contributed by atoms with Crippen LogP contribution in [0.1, 0.15) is 71.2 Å². The molecule has 1 saturated carbocycles. The van der Waals surface area contributed by atoms with Crippen molar-refractivity contribution in [2.75, 3.05) is 13.1 Å². The Hall–Kier alpha value is -2.05. The van der Waals surface area contributed by atoms with Crippen molar-refractivity contribution in [2.45, 2.75) is 56.9 Å². The number of likely N-dealkylation sites (tertiary alicyclic amines) is 1. The highest BCUT2D eigenvalue weighted by Gasteiger charge is 2.39. The molecule has 3 aromatic rings. The molecule has 1 aliphatic carbocycles. The zero-order valence-electron chi connectivity index (χ0n) is 16.3. The summed E-state index contributed by atoms with van der Waals surface area (Å²) in [6, 6.07) is 6.41. The average molecular weight is 395 g/mol. The van der Waals surface area contributed by atoms with Crippen molar-refractivity contribution in [3.63, 3.8) is 0 Å². The fourth-order valence-electron chi connectivity index (χ4n) is 4.71. The van der Waals surface area contributed by atoms with Crippen molar-refractivity contribution in [3.8, 4) is 0 Å². The molecule has 0 unspecified atom stereocenters. The van der Waals surface area contributed by atoms with Crippen molar-refractivity contribution in [3.05, 3.63) is 63.7 Å². The molecule has 1 saturated heterocycles. The monoisotopic (exact) mass is 394 g/mol. The molecule has 0 aromatic carbocycles. The van der Waals surface area contributed by atoms with Gasteiger partial charge >= 0.3 is 0 Å². The quantitative estimate of drug-likeness (QED) is 0.618. The van der Waals surface area contributed by atoms with Crippen LogP contribution >= 0.6 is 11.3 Å². The van der Waals surface area contributed by atoms with Crippen molar-refractivity contribution in [2.24, 2.45) is 0 Å². The second kappa shape index (κ2) is 7.76. The van der Waals surface area contributed by atoms with E-state index in [2.05, 4.69) is 39.5 Å². The summed E-state index contributed by atoms with van der Waals surface area (Å²) >= 11 is 1.85. The minimum Gasteiger partial charge on any atom is -0.339 e. The van der Waals surface area contributed by atoms with Gasteiger partial charge in [-0.2, -0.15) is 4.98 Å². The van der Waals surface area contributed by atoms with E-state index in [0.717, 1.165) is 31.3 Å². The Bertz CT molecular complexity index is 916. The van der Waals surface area contributed by atoms with Crippen LogP contribution in [-0.4, -0.2) is 33.1 Å². The Balaban J connectivity index is 1.41. The summed E-state index contributed by atoms with van der Waals surface area (Å²) in [4.78, 5) is 13.2. The lowest BCUT2D eigenvalue weighted by atomic mass is 9.90. The van der Waals surface area contributed by atoms with Crippen molar-refractivity contribution < 1.29 is 4.52 Å². The van der Waals surface area contributed by atoms with Gasteiger partial charge in [-0.1, -0.05) is 24.1 Å². The number of thiophene rings is 1. The van der Waals surface area contributed by atoms with Crippen LogP contribution in [0.25, 0.3) is 0 Å². The fourth-order valence-corrected chi connectivity index (χ4v) is 5.66. The van der Waals surface area contributed by atoms with Crippen LogP contribution in [-0.2, 0) is 6.54 Å². The molecule has 146 valence electrons. The van der Waals surface area contributed by atoms with E-state index in [0.29, 0.717) is 11.8 Å². The van der Waals surface area contributed by atoms with Crippen LogP contribution < -0.4 is 0 Å². The Labute approximate surface area is 169 Å². The van der Waals surface area contributed by atoms with Crippen LogP contribution in [0.2, 0.25) is 0 Å². The summed E-state index contributed by atoms with van der Waals surface area (Å²) in [5, 5.41) is 6.55. The maximum atomic E-state index is 5.81. The number of aryl methyl sites for hydroxylation is 1. The van der Waals surface area contributed by atoms with E-state index < -0.39 is 0 Å². The molecule has 0 radical (unpaired) electrons. The molecule has 0 spiro atoms. The third-order valence-electron chi connectivity index (χ3n) is 6.34. The molecule has 28 heavy (non-hydrogen) atoms. The summed E-state index contributed by atoms with van der Waals surface area (Å²) < 4.78 is 5.81. The molecule has 5 rings (SSSR count). The van der Waals surface area contributed by atoms with Gasteiger partial charge in [0, 0.05) is 48.7 Å². The predicted molar refractivity (Wildman–Crippen MR) is 110 cm³/mol. The Morgan fingerprint density at radius 2 is 2.04 bits per heavy atom. The number of hydrogen-bond donors (Lipinski definition) is 0. The van der Waals surface area contributed by atoms with Gasteiger partial charge in [-0.15, -0.1) is 11.3 Å². The standard InChI is InChI=1S/C22H26N4OS/c1-15-8-10-28-20(15)14-26-12-18(17-7-4-9-23-11-17)19(13-26)22-24-21(25-27-22)16-5-2-3-6-16/h4,7-11,16,18-19H,2-3,5-6,12-14H2,1H3/t18-,19+/m0/s1. The van der Waals surface area contributed by atoms with Crippen molar-refractivity contribution in [1.82, 2.24) is 20.0 Å². The fraction of sp³-hybridized carbons (Fsp3) is 0.500. The maximum Gasteiger partial charge on any atom is 0.231 e. The lowest BCUT2D eigenvalue weighted by Crippen LogP contribution is -2.20. The Kier molecular flexibility index (Phi) is 4.99. The topological polar surface area (TPSA) is 55.1 Å². The van der Waals surface area contributed by atoms with E-state index in [9.17, 15) is 0 Å². The first-order valence-electron chi connectivity index (χ1n) is 10.3. The SMILES string of the molecule is Cc1ccsc1CN1C[C@@H](c2cccnc2)[C@H](c2nc(C3CCCC3)no2)C1. The van der Waals surface area contributed by atoms with Gasteiger partial charge < -0.3 is 4.52 Å². The average Bonchev–Trinajstić information content (AvgIpc) is 3.50. The number of pyridine rings is 1. The Morgan fingerprint density at radius 1 is 1.18 bits per heavy atom. The largest absolute Gasteiger partial charge is 0.339 e. The lowest BCUT2D eigenvalue weighted by molar-refractivity contribution is 0.309. The molecule has 0 N–H and O–H groups in total. The Morgan fingerprint density at radius 3 is 2.79 bits per heavy atom. The van der Waals surface area contributed by atoms with Gasteiger partial charge in [-0.3, -0.25) is 9.88 Å². The molecule has 2 fully saturated rings. The molecule has 0 amide bonds. The van der Waals surface area contributed by atoms with Crippen LogP contribution in [0.4, 0.5) is 0 Å². The van der Waals surface area contributed by atoms with Crippen molar-refractivity contribution in [1.29, 1.82) is 0 Å². The molecule has 6 heteroatoms. The molecule has 5 nitrogen and oxygen atoms in total. The molecule has 1 aliphatic heterocycles. The van der Waals surface area contributed by atoms with Crippen LogP contribution in [0.3, 0.4) is 0 Å². The van der Waals surface area contributed by atoms with E-state index >= 15 is 0 Å². The highest BCUT2D eigenvalue weighted by molar-refractivity contribution is 7.10. The zero-order chi connectivity index (χ0) is 18.9. The van der Waals surface area contributed by atoms with Gasteiger partial charge in [0.15, 0.2) is 5.82 Å². The van der Waals surface area contributed by atoms with Crippen LogP contribution in [0, 0.1) is 6.92 Å². The van der Waals surface area contributed by atoms with E-state index in [1.165, 1.54) is 41.7 Å². The highest BCUT2D eigenvalue weighted by Crippen LogP contribution is 2.41. The smallest absolute Gasteiger partial charge is 0.231 e. The highest BCUT2D eigenvalue weighted by atomic mass is 32.1. The van der Waals surface area contributed by atoms with Crippen molar-refractivity contribution >= 4 is 11.3 Å². The zero-order valence-corrected chi connectivity index (χ0v) is 17.1. The third-order valence-corrected chi connectivity index (χ3v) is 7.35.